The highest BCUT2D eigenvalue weighted by Gasteiger charge is 2.19. The van der Waals surface area contributed by atoms with Crippen molar-refractivity contribution in [1.82, 2.24) is 4.98 Å². The van der Waals surface area contributed by atoms with E-state index < -0.39 is 10.8 Å². The Morgan fingerprint density at radius 2 is 1.88 bits per heavy atom. The van der Waals surface area contributed by atoms with Crippen LogP contribution in [0.15, 0.2) is 42.5 Å². The first-order chi connectivity index (χ1) is 12.4. The summed E-state index contributed by atoms with van der Waals surface area (Å²) in [5.41, 5.74) is 2.14. The molecule has 0 fully saturated rings. The largest absolute Gasteiger partial charge is 0.298 e. The summed E-state index contributed by atoms with van der Waals surface area (Å²) in [6.45, 7) is 3.47. The van der Waals surface area contributed by atoms with Crippen molar-refractivity contribution in [1.29, 1.82) is 0 Å². The highest BCUT2D eigenvalue weighted by Crippen LogP contribution is 2.31. The third kappa shape index (κ3) is 3.58. The number of thiazole rings is 1. The minimum Gasteiger partial charge on any atom is -0.298 e. The van der Waals surface area contributed by atoms with E-state index in [0.717, 1.165) is 16.1 Å². The number of aromatic nitrogens is 1. The number of nitrogens with zero attached hydrogens (tertiary/aromatic N) is 2. The summed E-state index contributed by atoms with van der Waals surface area (Å²) in [5, 5.41) is 14.8. The number of nitrogens with one attached hydrogen (secondary N) is 1. The summed E-state index contributed by atoms with van der Waals surface area (Å²) in [7, 11) is 0. The van der Waals surface area contributed by atoms with Crippen LogP contribution >= 0.6 is 22.9 Å². The van der Waals surface area contributed by atoms with Crippen LogP contribution in [0.2, 0.25) is 5.02 Å². The fourth-order valence-corrected chi connectivity index (χ4v) is 3.51. The molecular weight excluding hydrogens is 374 g/mol. The molecular formula is C18H14ClN3O3S. The number of amides is 1. The molecule has 0 aliphatic carbocycles. The van der Waals surface area contributed by atoms with Gasteiger partial charge in [-0.05, 0) is 32.0 Å². The number of halogens is 1. The van der Waals surface area contributed by atoms with Gasteiger partial charge < -0.3 is 0 Å². The maximum Gasteiger partial charge on any atom is 0.273 e. The summed E-state index contributed by atoms with van der Waals surface area (Å²) in [6.07, 6.45) is 0. The number of carbonyl (C=O) groups excluding carboxylic acids is 1. The van der Waals surface area contributed by atoms with Gasteiger partial charge in [-0.25, -0.2) is 4.98 Å². The van der Waals surface area contributed by atoms with Crippen LogP contribution in [-0.2, 0) is 0 Å². The Kier molecular flexibility index (Phi) is 5.01. The zero-order valence-corrected chi connectivity index (χ0v) is 15.5. The first kappa shape index (κ1) is 18.0. The lowest BCUT2D eigenvalue weighted by atomic mass is 10.1. The van der Waals surface area contributed by atoms with Gasteiger partial charge in [0.15, 0.2) is 5.13 Å². The zero-order valence-electron chi connectivity index (χ0n) is 13.9. The van der Waals surface area contributed by atoms with Crippen molar-refractivity contribution in [2.24, 2.45) is 0 Å². The minimum absolute atomic E-state index is 0.0881. The Hall–Kier alpha value is -2.77. The molecule has 1 heterocycles. The quantitative estimate of drug-likeness (QED) is 0.490. The summed E-state index contributed by atoms with van der Waals surface area (Å²) < 4.78 is 0. The van der Waals surface area contributed by atoms with Gasteiger partial charge in [-0.2, -0.15) is 0 Å². The van der Waals surface area contributed by atoms with Crippen molar-refractivity contribution < 1.29 is 9.72 Å². The average molecular weight is 388 g/mol. The monoisotopic (exact) mass is 387 g/mol. The number of rotatable bonds is 4. The maximum absolute atomic E-state index is 12.5. The Balaban J connectivity index is 1.87. The van der Waals surface area contributed by atoms with Gasteiger partial charge >= 0.3 is 0 Å². The van der Waals surface area contributed by atoms with E-state index in [2.05, 4.69) is 10.3 Å². The number of benzene rings is 2. The highest BCUT2D eigenvalue weighted by atomic mass is 35.5. The molecule has 0 aliphatic rings. The molecule has 0 spiro atoms. The smallest absolute Gasteiger partial charge is 0.273 e. The lowest BCUT2D eigenvalue weighted by Crippen LogP contribution is -2.14. The Morgan fingerprint density at radius 1 is 1.19 bits per heavy atom. The predicted molar refractivity (Wildman–Crippen MR) is 103 cm³/mol. The van der Waals surface area contributed by atoms with Crippen LogP contribution in [0.3, 0.4) is 0 Å². The highest BCUT2D eigenvalue weighted by molar-refractivity contribution is 7.16. The maximum atomic E-state index is 12.5. The molecule has 132 valence electrons. The van der Waals surface area contributed by atoms with Gasteiger partial charge in [0.05, 0.1) is 10.6 Å². The number of carbonyl (C=O) groups is 1. The summed E-state index contributed by atoms with van der Waals surface area (Å²) >= 11 is 7.25. The molecule has 1 aromatic heterocycles. The molecule has 0 aliphatic heterocycles. The average Bonchev–Trinajstić information content (AvgIpc) is 2.95. The van der Waals surface area contributed by atoms with Crippen molar-refractivity contribution in [2.75, 3.05) is 5.32 Å². The molecule has 0 saturated carbocycles. The van der Waals surface area contributed by atoms with Crippen LogP contribution in [0.25, 0.3) is 11.3 Å². The fourth-order valence-electron chi connectivity index (χ4n) is 2.56. The number of nitro groups is 1. The normalized spacial score (nSPS) is 10.6. The van der Waals surface area contributed by atoms with Crippen LogP contribution in [0.4, 0.5) is 10.8 Å². The fraction of sp³-hybridized carbons (Fsp3) is 0.111. The lowest BCUT2D eigenvalue weighted by Gasteiger charge is -2.05. The number of anilines is 1. The van der Waals surface area contributed by atoms with E-state index >= 15 is 0 Å². The van der Waals surface area contributed by atoms with Gasteiger partial charge in [0.25, 0.3) is 11.6 Å². The van der Waals surface area contributed by atoms with Crippen LogP contribution in [0, 0.1) is 24.0 Å². The number of aryl methyl sites for hydroxylation is 1. The van der Waals surface area contributed by atoms with Crippen molar-refractivity contribution in [3.05, 3.63) is 73.6 Å². The standard InChI is InChI=1S/C18H14ClN3O3S/c1-10-14(4-3-5-15(10)22(24)25)17(23)21-18-20-16(11(2)26-18)12-6-8-13(19)9-7-12/h3-9H,1-2H3,(H,20,21,23). The Morgan fingerprint density at radius 3 is 2.54 bits per heavy atom. The second-order valence-electron chi connectivity index (χ2n) is 5.59. The van der Waals surface area contributed by atoms with Crippen LogP contribution in [-0.4, -0.2) is 15.8 Å². The van der Waals surface area contributed by atoms with Crippen LogP contribution < -0.4 is 5.32 Å². The Labute approximate surface area is 158 Å². The van der Waals surface area contributed by atoms with E-state index in [1.54, 1.807) is 25.1 Å². The number of nitro benzene ring substituents is 1. The molecule has 3 aromatic rings. The van der Waals surface area contributed by atoms with Crippen molar-refractivity contribution in [3.8, 4) is 11.3 Å². The van der Waals surface area contributed by atoms with E-state index in [9.17, 15) is 14.9 Å². The van der Waals surface area contributed by atoms with E-state index in [0.29, 0.717) is 15.7 Å². The molecule has 3 rings (SSSR count). The third-order valence-corrected chi connectivity index (χ3v) is 5.02. The van der Waals surface area contributed by atoms with E-state index in [1.165, 1.54) is 23.5 Å². The van der Waals surface area contributed by atoms with E-state index in [-0.39, 0.29) is 11.3 Å². The lowest BCUT2D eigenvalue weighted by molar-refractivity contribution is -0.385. The number of hydrogen-bond donors (Lipinski definition) is 1. The van der Waals surface area contributed by atoms with Gasteiger partial charge in [-0.3, -0.25) is 20.2 Å². The summed E-state index contributed by atoms with van der Waals surface area (Å²) in [4.78, 5) is 28.5. The third-order valence-electron chi connectivity index (χ3n) is 3.88. The summed E-state index contributed by atoms with van der Waals surface area (Å²) in [6, 6.07) is 11.7. The molecule has 0 radical (unpaired) electrons. The molecule has 26 heavy (non-hydrogen) atoms. The zero-order chi connectivity index (χ0) is 18.8. The second kappa shape index (κ2) is 7.23. The second-order valence-corrected chi connectivity index (χ2v) is 7.23. The number of hydrogen-bond acceptors (Lipinski definition) is 5. The molecule has 6 nitrogen and oxygen atoms in total. The van der Waals surface area contributed by atoms with Gasteiger partial charge in [0.2, 0.25) is 0 Å². The molecule has 2 aromatic carbocycles. The molecule has 0 atom stereocenters. The molecule has 1 amide bonds. The molecule has 1 N–H and O–H groups in total. The van der Waals surface area contributed by atoms with Crippen molar-refractivity contribution in [3.63, 3.8) is 0 Å². The minimum atomic E-state index is -0.502. The van der Waals surface area contributed by atoms with E-state index in [4.69, 9.17) is 11.6 Å². The van der Waals surface area contributed by atoms with E-state index in [1.807, 2.05) is 19.1 Å². The molecule has 0 saturated heterocycles. The van der Waals surface area contributed by atoms with Gasteiger partial charge in [-0.1, -0.05) is 29.8 Å². The Bertz CT molecular complexity index is 999. The van der Waals surface area contributed by atoms with Gasteiger partial charge in [0.1, 0.15) is 0 Å². The molecule has 0 bridgehead atoms. The summed E-state index contributed by atoms with van der Waals surface area (Å²) in [5.74, 6) is -0.428. The molecule has 0 unspecified atom stereocenters. The first-order valence-corrected chi connectivity index (χ1v) is 8.85. The van der Waals surface area contributed by atoms with Gasteiger partial charge in [-0.15, -0.1) is 11.3 Å². The molecule has 8 heteroatoms. The SMILES string of the molecule is Cc1sc(NC(=O)c2cccc([N+](=O)[O-])c2C)nc1-c1ccc(Cl)cc1. The first-order valence-electron chi connectivity index (χ1n) is 7.65. The predicted octanol–water partition coefficient (Wildman–Crippen LogP) is 5.24. The van der Waals surface area contributed by atoms with Crippen LogP contribution in [0.5, 0.6) is 0 Å². The van der Waals surface area contributed by atoms with Crippen molar-refractivity contribution >= 4 is 39.7 Å². The van der Waals surface area contributed by atoms with Crippen LogP contribution in [0.1, 0.15) is 20.8 Å². The van der Waals surface area contributed by atoms with Gasteiger partial charge in [0, 0.05) is 32.7 Å². The topological polar surface area (TPSA) is 85.1 Å². The van der Waals surface area contributed by atoms with Crippen molar-refractivity contribution in [2.45, 2.75) is 13.8 Å².